The van der Waals surface area contributed by atoms with Crippen molar-refractivity contribution in [2.75, 3.05) is 24.5 Å². The predicted molar refractivity (Wildman–Crippen MR) is 82.6 cm³/mol. The normalized spacial score (nSPS) is 25.0. The van der Waals surface area contributed by atoms with Gasteiger partial charge in [-0.05, 0) is 61.0 Å². The summed E-state index contributed by atoms with van der Waals surface area (Å²) in [7, 11) is 0. The molecule has 1 atom stereocenters. The second-order valence-electron chi connectivity index (χ2n) is 5.19. The van der Waals surface area contributed by atoms with E-state index in [0.717, 1.165) is 41.7 Å². The first-order valence-electron chi connectivity index (χ1n) is 6.50. The Labute approximate surface area is 122 Å². The lowest BCUT2D eigenvalue weighted by molar-refractivity contribution is 0.366. The van der Waals surface area contributed by atoms with Gasteiger partial charge in [0.1, 0.15) is 5.82 Å². The van der Waals surface area contributed by atoms with Crippen molar-refractivity contribution in [1.29, 1.82) is 0 Å². The lowest BCUT2D eigenvalue weighted by Gasteiger charge is -2.34. The van der Waals surface area contributed by atoms with Crippen LogP contribution in [-0.2, 0) is 0 Å². The average molecular weight is 362 g/mol. The Morgan fingerprint density at radius 3 is 3.00 bits per heavy atom. The first-order valence-corrected chi connectivity index (χ1v) is 7.57. The molecule has 1 aromatic rings. The van der Waals surface area contributed by atoms with E-state index in [1.807, 2.05) is 6.07 Å². The van der Waals surface area contributed by atoms with Crippen LogP contribution in [0.25, 0.3) is 0 Å². The van der Waals surface area contributed by atoms with Crippen LogP contribution < -0.4 is 10.2 Å². The quantitative estimate of drug-likeness (QED) is 0.812. The summed E-state index contributed by atoms with van der Waals surface area (Å²) in [5.41, 5.74) is 1.14. The highest BCUT2D eigenvalue weighted by Crippen LogP contribution is 2.28. The van der Waals surface area contributed by atoms with E-state index >= 15 is 0 Å². The highest BCUT2D eigenvalue weighted by molar-refractivity contribution is 14.1. The SMILES string of the molecule is CCC1(C)CN(c2cccc(F)c2I)CCCN1. The van der Waals surface area contributed by atoms with Crippen LogP contribution in [-0.4, -0.2) is 25.2 Å². The largest absolute Gasteiger partial charge is 0.369 e. The van der Waals surface area contributed by atoms with E-state index in [1.54, 1.807) is 6.07 Å². The Morgan fingerprint density at radius 1 is 1.50 bits per heavy atom. The molecule has 2 rings (SSSR count). The Bertz CT molecular complexity index is 424. The summed E-state index contributed by atoms with van der Waals surface area (Å²) in [5, 5.41) is 3.60. The second kappa shape index (κ2) is 5.74. The first kappa shape index (κ1) is 14.1. The summed E-state index contributed by atoms with van der Waals surface area (Å²) in [5.74, 6) is -0.122. The van der Waals surface area contributed by atoms with Gasteiger partial charge in [-0.25, -0.2) is 4.39 Å². The van der Waals surface area contributed by atoms with Gasteiger partial charge in [-0.1, -0.05) is 13.0 Å². The number of hydrogen-bond acceptors (Lipinski definition) is 2. The summed E-state index contributed by atoms with van der Waals surface area (Å²) < 4.78 is 14.4. The molecule has 0 spiro atoms. The predicted octanol–water partition coefficient (Wildman–Crippen LogP) is 3.40. The molecule has 1 N–H and O–H groups in total. The molecule has 1 aliphatic heterocycles. The van der Waals surface area contributed by atoms with E-state index in [-0.39, 0.29) is 11.4 Å². The zero-order valence-electron chi connectivity index (χ0n) is 11.0. The summed E-state index contributed by atoms with van der Waals surface area (Å²) in [6.45, 7) is 7.41. The number of benzene rings is 1. The van der Waals surface area contributed by atoms with Gasteiger partial charge in [0.25, 0.3) is 0 Å². The van der Waals surface area contributed by atoms with Gasteiger partial charge >= 0.3 is 0 Å². The fraction of sp³-hybridized carbons (Fsp3) is 0.571. The van der Waals surface area contributed by atoms with Crippen LogP contribution in [0.2, 0.25) is 0 Å². The molecule has 1 aromatic carbocycles. The molecule has 0 saturated carbocycles. The maximum Gasteiger partial charge on any atom is 0.138 e. The van der Waals surface area contributed by atoms with Gasteiger partial charge in [-0.15, -0.1) is 0 Å². The van der Waals surface area contributed by atoms with Gasteiger partial charge < -0.3 is 10.2 Å². The Balaban J connectivity index is 2.28. The third-order valence-corrected chi connectivity index (χ3v) is 4.82. The van der Waals surface area contributed by atoms with Crippen molar-refractivity contribution in [3.8, 4) is 0 Å². The second-order valence-corrected chi connectivity index (χ2v) is 6.27. The standard InChI is InChI=1S/C14H20FIN2/c1-3-14(2)10-18(9-5-8-17-14)12-7-4-6-11(15)13(12)16/h4,6-7,17H,3,5,8-10H2,1-2H3. The first-order chi connectivity index (χ1) is 8.56. The molecule has 1 aliphatic rings. The summed E-state index contributed by atoms with van der Waals surface area (Å²) in [6.07, 6.45) is 2.18. The molecular weight excluding hydrogens is 342 g/mol. The molecule has 1 fully saturated rings. The molecule has 0 aromatic heterocycles. The van der Waals surface area contributed by atoms with Crippen molar-refractivity contribution >= 4 is 28.3 Å². The number of hydrogen-bond donors (Lipinski definition) is 1. The monoisotopic (exact) mass is 362 g/mol. The third-order valence-electron chi connectivity index (χ3n) is 3.75. The van der Waals surface area contributed by atoms with E-state index in [1.165, 1.54) is 6.07 Å². The van der Waals surface area contributed by atoms with Crippen LogP contribution >= 0.6 is 22.6 Å². The molecule has 0 aliphatic carbocycles. The fourth-order valence-electron chi connectivity index (χ4n) is 2.40. The molecule has 1 unspecified atom stereocenters. The van der Waals surface area contributed by atoms with E-state index in [4.69, 9.17) is 0 Å². The van der Waals surface area contributed by atoms with Gasteiger partial charge in [0, 0.05) is 18.6 Å². The maximum atomic E-state index is 13.7. The van der Waals surface area contributed by atoms with Crippen LogP contribution in [0.4, 0.5) is 10.1 Å². The van der Waals surface area contributed by atoms with Gasteiger partial charge in [0.2, 0.25) is 0 Å². The fourth-order valence-corrected chi connectivity index (χ4v) is 3.10. The van der Waals surface area contributed by atoms with Crippen molar-refractivity contribution < 1.29 is 4.39 Å². The summed E-state index contributed by atoms with van der Waals surface area (Å²) in [6, 6.07) is 5.35. The highest BCUT2D eigenvalue weighted by Gasteiger charge is 2.28. The molecule has 0 radical (unpaired) electrons. The minimum atomic E-state index is -0.122. The summed E-state index contributed by atoms with van der Waals surface area (Å²) >= 11 is 2.11. The van der Waals surface area contributed by atoms with Crippen molar-refractivity contribution in [3.05, 3.63) is 27.6 Å². The van der Waals surface area contributed by atoms with Crippen LogP contribution in [0.3, 0.4) is 0 Å². The number of rotatable bonds is 2. The van der Waals surface area contributed by atoms with Crippen molar-refractivity contribution in [2.24, 2.45) is 0 Å². The van der Waals surface area contributed by atoms with Crippen LogP contribution in [0.15, 0.2) is 18.2 Å². The molecule has 18 heavy (non-hydrogen) atoms. The minimum Gasteiger partial charge on any atom is -0.369 e. The van der Waals surface area contributed by atoms with Crippen LogP contribution in [0.1, 0.15) is 26.7 Å². The van der Waals surface area contributed by atoms with Gasteiger partial charge in [0.15, 0.2) is 0 Å². The zero-order chi connectivity index (χ0) is 13.2. The molecule has 2 nitrogen and oxygen atoms in total. The molecule has 100 valence electrons. The van der Waals surface area contributed by atoms with E-state index < -0.39 is 0 Å². The average Bonchev–Trinajstić information content (AvgIpc) is 2.56. The molecule has 0 amide bonds. The number of anilines is 1. The molecule has 1 saturated heterocycles. The molecule has 0 bridgehead atoms. The van der Waals surface area contributed by atoms with E-state index in [0.29, 0.717) is 0 Å². The molecular formula is C14H20FIN2. The molecule has 1 heterocycles. The van der Waals surface area contributed by atoms with Crippen molar-refractivity contribution in [2.45, 2.75) is 32.2 Å². The van der Waals surface area contributed by atoms with Crippen molar-refractivity contribution in [1.82, 2.24) is 5.32 Å². The van der Waals surface area contributed by atoms with E-state index in [9.17, 15) is 4.39 Å². The summed E-state index contributed by atoms with van der Waals surface area (Å²) in [4.78, 5) is 2.31. The number of nitrogens with one attached hydrogen (secondary N) is 1. The Morgan fingerprint density at radius 2 is 2.28 bits per heavy atom. The Hall–Kier alpha value is -0.360. The van der Waals surface area contributed by atoms with Crippen molar-refractivity contribution in [3.63, 3.8) is 0 Å². The number of nitrogens with zero attached hydrogens (tertiary/aromatic N) is 1. The highest BCUT2D eigenvalue weighted by atomic mass is 127. The lowest BCUT2D eigenvalue weighted by Crippen LogP contribution is -2.48. The zero-order valence-corrected chi connectivity index (χ0v) is 13.1. The van der Waals surface area contributed by atoms with Gasteiger partial charge in [0.05, 0.1) is 9.26 Å². The minimum absolute atomic E-state index is 0.117. The van der Waals surface area contributed by atoms with Gasteiger partial charge in [-0.2, -0.15) is 0 Å². The number of halogens is 2. The third kappa shape index (κ3) is 2.96. The van der Waals surface area contributed by atoms with Crippen LogP contribution in [0.5, 0.6) is 0 Å². The maximum absolute atomic E-state index is 13.7. The lowest BCUT2D eigenvalue weighted by atomic mass is 9.98. The smallest absolute Gasteiger partial charge is 0.138 e. The van der Waals surface area contributed by atoms with E-state index in [2.05, 4.69) is 46.7 Å². The Kier molecular flexibility index (Phi) is 4.48. The van der Waals surface area contributed by atoms with Gasteiger partial charge in [-0.3, -0.25) is 0 Å². The van der Waals surface area contributed by atoms with Crippen LogP contribution in [0, 0.1) is 9.39 Å². The topological polar surface area (TPSA) is 15.3 Å². The molecule has 4 heteroatoms.